The van der Waals surface area contributed by atoms with Crippen molar-refractivity contribution in [3.8, 4) is 12.3 Å². The van der Waals surface area contributed by atoms with E-state index in [1.165, 1.54) is 0 Å². The summed E-state index contributed by atoms with van der Waals surface area (Å²) in [6.45, 7) is 4.51. The molecule has 2 heteroatoms. The molecule has 0 aliphatic rings. The number of nitrogens with one attached hydrogen (secondary N) is 1. The van der Waals surface area contributed by atoms with Gasteiger partial charge in [-0.25, -0.2) is 0 Å². The molecule has 0 aromatic heterocycles. The maximum Gasteiger partial charge on any atom is 0.0763 e. The van der Waals surface area contributed by atoms with Gasteiger partial charge in [0.05, 0.1) is 6.54 Å². The zero-order valence-corrected chi connectivity index (χ0v) is 8.57. The molecule has 1 aromatic carbocycles. The molecule has 1 rings (SSSR count). The van der Waals surface area contributed by atoms with Crippen molar-refractivity contribution < 1.29 is 0 Å². The second-order valence-electron chi connectivity index (χ2n) is 2.98. The quantitative estimate of drug-likeness (QED) is 0.713. The Bertz CT molecular complexity index is 327. The Balaban J connectivity index is 2.94. The zero-order chi connectivity index (χ0) is 9.84. The summed E-state index contributed by atoms with van der Waals surface area (Å²) in [6.07, 6.45) is 5.14. The zero-order valence-electron chi connectivity index (χ0n) is 7.82. The third kappa shape index (κ3) is 2.40. The summed E-state index contributed by atoms with van der Waals surface area (Å²) in [4.78, 5) is 0. The van der Waals surface area contributed by atoms with E-state index in [0.717, 1.165) is 21.8 Å². The Morgan fingerprint density at radius 1 is 1.38 bits per heavy atom. The molecule has 68 valence electrons. The Hall–Kier alpha value is -1.13. The van der Waals surface area contributed by atoms with Gasteiger partial charge in [-0.15, -0.1) is 6.42 Å². The highest BCUT2D eigenvalue weighted by Gasteiger charge is 2.01. The van der Waals surface area contributed by atoms with Crippen LogP contribution in [0.25, 0.3) is 0 Å². The molecule has 1 nitrogen and oxygen atoms in total. The van der Waals surface area contributed by atoms with Gasteiger partial charge >= 0.3 is 0 Å². The fourth-order valence-electron chi connectivity index (χ4n) is 1.20. The predicted octanol–water partition coefficient (Wildman–Crippen LogP) is 3.00. The van der Waals surface area contributed by atoms with Crippen molar-refractivity contribution >= 4 is 17.3 Å². The highest BCUT2D eigenvalue weighted by atomic mass is 35.5. The number of anilines is 1. The lowest BCUT2D eigenvalue weighted by Gasteiger charge is -2.07. The van der Waals surface area contributed by atoms with Gasteiger partial charge in [-0.05, 0) is 37.1 Å². The van der Waals surface area contributed by atoms with E-state index in [0.29, 0.717) is 6.54 Å². The van der Waals surface area contributed by atoms with Crippen molar-refractivity contribution in [2.24, 2.45) is 0 Å². The van der Waals surface area contributed by atoms with Gasteiger partial charge in [-0.3, -0.25) is 0 Å². The molecular weight excluding hydrogens is 182 g/mol. The predicted molar refractivity (Wildman–Crippen MR) is 58.2 cm³/mol. The van der Waals surface area contributed by atoms with Crippen LogP contribution < -0.4 is 5.32 Å². The van der Waals surface area contributed by atoms with Crippen LogP contribution in [0.1, 0.15) is 11.1 Å². The summed E-state index contributed by atoms with van der Waals surface area (Å²) in [5.41, 5.74) is 3.17. The monoisotopic (exact) mass is 193 g/mol. The third-order valence-electron chi connectivity index (χ3n) is 1.83. The number of hydrogen-bond donors (Lipinski definition) is 1. The van der Waals surface area contributed by atoms with Gasteiger partial charge in [0.1, 0.15) is 0 Å². The Morgan fingerprint density at radius 3 is 2.38 bits per heavy atom. The maximum absolute atomic E-state index is 6.02. The Morgan fingerprint density at radius 2 is 1.92 bits per heavy atom. The molecule has 0 unspecified atom stereocenters. The molecule has 0 spiro atoms. The van der Waals surface area contributed by atoms with Gasteiger partial charge in [-0.1, -0.05) is 17.5 Å². The van der Waals surface area contributed by atoms with Gasteiger partial charge in [0.2, 0.25) is 0 Å². The topological polar surface area (TPSA) is 12.0 Å². The van der Waals surface area contributed by atoms with Gasteiger partial charge in [0.15, 0.2) is 0 Å². The van der Waals surface area contributed by atoms with Crippen molar-refractivity contribution in [2.45, 2.75) is 13.8 Å². The van der Waals surface area contributed by atoms with Gasteiger partial charge in [-0.2, -0.15) is 0 Å². The fraction of sp³-hybridized carbons (Fsp3) is 0.273. The van der Waals surface area contributed by atoms with E-state index in [1.807, 2.05) is 26.0 Å². The summed E-state index contributed by atoms with van der Waals surface area (Å²) in [5, 5.41) is 3.93. The van der Waals surface area contributed by atoms with E-state index in [4.69, 9.17) is 18.0 Å². The van der Waals surface area contributed by atoms with Crippen LogP contribution in [0, 0.1) is 26.2 Å². The smallest absolute Gasteiger partial charge is 0.0763 e. The molecule has 0 bridgehead atoms. The molecule has 0 amide bonds. The van der Waals surface area contributed by atoms with Crippen molar-refractivity contribution in [1.82, 2.24) is 0 Å². The number of terminal acetylenes is 1. The molecular formula is C11H12ClN. The van der Waals surface area contributed by atoms with Crippen LogP contribution in [0.4, 0.5) is 5.69 Å². The minimum Gasteiger partial charge on any atom is -0.374 e. The molecule has 0 atom stereocenters. The van der Waals surface area contributed by atoms with Crippen LogP contribution in [-0.4, -0.2) is 6.54 Å². The average Bonchev–Trinajstić information content (AvgIpc) is 2.10. The number of hydrogen-bond acceptors (Lipinski definition) is 1. The van der Waals surface area contributed by atoms with Crippen LogP contribution in [0.2, 0.25) is 5.02 Å². The van der Waals surface area contributed by atoms with Crippen LogP contribution >= 0.6 is 11.6 Å². The number of halogens is 1. The SMILES string of the molecule is C#CCNc1cc(C)c(Cl)c(C)c1. The second-order valence-corrected chi connectivity index (χ2v) is 3.36. The molecule has 0 saturated heterocycles. The first kappa shape index (κ1) is 9.95. The Labute approximate surface area is 84.1 Å². The molecule has 0 heterocycles. The van der Waals surface area contributed by atoms with Crippen LogP contribution in [-0.2, 0) is 0 Å². The molecule has 0 aliphatic heterocycles. The lowest BCUT2D eigenvalue weighted by atomic mass is 10.1. The molecule has 0 fully saturated rings. The van der Waals surface area contributed by atoms with Crippen molar-refractivity contribution in [2.75, 3.05) is 11.9 Å². The molecule has 1 N–H and O–H groups in total. The summed E-state index contributed by atoms with van der Waals surface area (Å²) in [6, 6.07) is 3.99. The molecule has 0 saturated carbocycles. The summed E-state index contributed by atoms with van der Waals surface area (Å²) in [7, 11) is 0. The van der Waals surface area contributed by atoms with E-state index < -0.39 is 0 Å². The van der Waals surface area contributed by atoms with E-state index in [2.05, 4.69) is 11.2 Å². The van der Waals surface area contributed by atoms with Crippen LogP contribution in [0.15, 0.2) is 12.1 Å². The van der Waals surface area contributed by atoms with Crippen molar-refractivity contribution in [1.29, 1.82) is 0 Å². The Kier molecular flexibility index (Phi) is 3.22. The molecule has 0 radical (unpaired) electrons. The lowest BCUT2D eigenvalue weighted by Crippen LogP contribution is -1.99. The van der Waals surface area contributed by atoms with E-state index in [-0.39, 0.29) is 0 Å². The standard InChI is InChI=1S/C11H12ClN/c1-4-5-13-10-6-8(2)11(12)9(3)7-10/h1,6-7,13H,5H2,2-3H3. The minimum atomic E-state index is 0.542. The summed E-state index contributed by atoms with van der Waals surface area (Å²) >= 11 is 6.02. The van der Waals surface area contributed by atoms with E-state index in [1.54, 1.807) is 0 Å². The molecule has 13 heavy (non-hydrogen) atoms. The number of rotatable bonds is 2. The minimum absolute atomic E-state index is 0.542. The average molecular weight is 194 g/mol. The fourth-order valence-corrected chi connectivity index (χ4v) is 1.31. The largest absolute Gasteiger partial charge is 0.374 e. The second kappa shape index (κ2) is 4.20. The van der Waals surface area contributed by atoms with Crippen LogP contribution in [0.3, 0.4) is 0 Å². The summed E-state index contributed by atoms with van der Waals surface area (Å²) in [5.74, 6) is 2.53. The van der Waals surface area contributed by atoms with Gasteiger partial charge < -0.3 is 5.32 Å². The molecule has 1 aromatic rings. The number of aryl methyl sites for hydroxylation is 2. The highest BCUT2D eigenvalue weighted by Crippen LogP contribution is 2.24. The van der Waals surface area contributed by atoms with Crippen molar-refractivity contribution in [3.63, 3.8) is 0 Å². The first-order valence-electron chi connectivity index (χ1n) is 4.09. The summed E-state index contributed by atoms with van der Waals surface area (Å²) < 4.78 is 0. The highest BCUT2D eigenvalue weighted by molar-refractivity contribution is 6.32. The maximum atomic E-state index is 6.02. The van der Waals surface area contributed by atoms with E-state index >= 15 is 0 Å². The van der Waals surface area contributed by atoms with Gasteiger partial charge in [0, 0.05) is 10.7 Å². The molecule has 0 aliphatic carbocycles. The number of benzene rings is 1. The normalized spacial score (nSPS) is 9.38. The van der Waals surface area contributed by atoms with Crippen molar-refractivity contribution in [3.05, 3.63) is 28.3 Å². The van der Waals surface area contributed by atoms with Crippen LogP contribution in [0.5, 0.6) is 0 Å². The third-order valence-corrected chi connectivity index (χ3v) is 2.43. The first-order valence-corrected chi connectivity index (χ1v) is 4.47. The lowest BCUT2D eigenvalue weighted by molar-refractivity contribution is 1.32. The van der Waals surface area contributed by atoms with E-state index in [9.17, 15) is 0 Å². The first-order chi connectivity index (χ1) is 6.15. The van der Waals surface area contributed by atoms with Gasteiger partial charge in [0.25, 0.3) is 0 Å².